The van der Waals surface area contributed by atoms with E-state index in [0.717, 1.165) is 44.4 Å². The lowest BCUT2D eigenvalue weighted by Gasteiger charge is -2.38. The summed E-state index contributed by atoms with van der Waals surface area (Å²) in [6.07, 6.45) is 3.83. The van der Waals surface area contributed by atoms with Gasteiger partial charge in [-0.25, -0.2) is 0 Å². The van der Waals surface area contributed by atoms with Crippen molar-refractivity contribution in [2.45, 2.75) is 19.1 Å². The first-order chi connectivity index (χ1) is 15.0. The molecule has 1 N–H and O–H groups in total. The summed E-state index contributed by atoms with van der Waals surface area (Å²) < 4.78 is 7.45. The number of nitrogens with zero attached hydrogens (tertiary/aromatic N) is 6. The zero-order chi connectivity index (χ0) is 21.8. The summed E-state index contributed by atoms with van der Waals surface area (Å²) in [4.78, 5) is 24.9. The van der Waals surface area contributed by atoms with E-state index in [9.17, 15) is 4.79 Å². The van der Waals surface area contributed by atoms with Crippen LogP contribution in [0.15, 0.2) is 34.9 Å². The van der Waals surface area contributed by atoms with E-state index in [1.165, 1.54) is 4.88 Å². The number of aromatic nitrogens is 2. The van der Waals surface area contributed by atoms with Gasteiger partial charge in [0.1, 0.15) is 6.54 Å². The molecule has 2 aliphatic rings. The number of guanidine groups is 1. The van der Waals surface area contributed by atoms with Crippen molar-refractivity contribution in [1.29, 1.82) is 0 Å². The number of aryl methyl sites for hydroxylation is 1. The molecule has 9 nitrogen and oxygen atoms in total. The second-order valence-corrected chi connectivity index (χ2v) is 8.95. The maximum atomic E-state index is 12.8. The lowest BCUT2D eigenvalue weighted by atomic mass is 10.1. The van der Waals surface area contributed by atoms with Crippen molar-refractivity contribution < 1.29 is 9.53 Å². The summed E-state index contributed by atoms with van der Waals surface area (Å²) in [6.45, 7) is 7.06. The molecule has 1 amide bonds. The van der Waals surface area contributed by atoms with E-state index in [1.54, 1.807) is 34.2 Å². The summed E-state index contributed by atoms with van der Waals surface area (Å²) in [6, 6.07) is 4.54. The van der Waals surface area contributed by atoms with Gasteiger partial charge in [0.2, 0.25) is 5.91 Å². The maximum Gasteiger partial charge on any atom is 0.246 e. The van der Waals surface area contributed by atoms with Crippen LogP contribution in [0.1, 0.15) is 17.8 Å². The number of anilines is 1. The minimum absolute atomic E-state index is 0.0546. The number of carbonyl (C=O) groups is 1. The first-order valence-corrected chi connectivity index (χ1v) is 11.6. The van der Waals surface area contributed by atoms with Crippen molar-refractivity contribution in [3.8, 4) is 0 Å². The van der Waals surface area contributed by atoms with Gasteiger partial charge in [0.25, 0.3) is 0 Å². The van der Waals surface area contributed by atoms with E-state index in [-0.39, 0.29) is 18.1 Å². The molecule has 4 rings (SSSR count). The molecular weight excluding hydrogens is 414 g/mol. The second-order valence-electron chi connectivity index (χ2n) is 7.97. The topological polar surface area (TPSA) is 78.2 Å². The normalized spacial score (nSPS) is 22.1. The number of nitrogens with one attached hydrogen (secondary N) is 1. The molecule has 2 aliphatic heterocycles. The van der Waals surface area contributed by atoms with Crippen LogP contribution in [-0.4, -0.2) is 90.5 Å². The van der Waals surface area contributed by atoms with Gasteiger partial charge in [-0.1, -0.05) is 6.07 Å². The molecule has 10 heteroatoms. The molecule has 0 saturated carbocycles. The fourth-order valence-electron chi connectivity index (χ4n) is 4.21. The zero-order valence-electron chi connectivity index (χ0n) is 18.4. The van der Waals surface area contributed by atoms with Gasteiger partial charge >= 0.3 is 0 Å². The third-order valence-corrected chi connectivity index (χ3v) is 6.75. The van der Waals surface area contributed by atoms with Crippen LogP contribution in [0.5, 0.6) is 0 Å². The highest BCUT2D eigenvalue weighted by atomic mass is 32.1. The van der Waals surface area contributed by atoms with Crippen LogP contribution >= 0.6 is 11.3 Å². The molecule has 2 aromatic rings. The molecule has 2 unspecified atom stereocenters. The molecule has 0 bridgehead atoms. The Labute approximate surface area is 187 Å². The van der Waals surface area contributed by atoms with Crippen molar-refractivity contribution in [2.24, 2.45) is 12.0 Å². The van der Waals surface area contributed by atoms with Crippen LogP contribution in [0.25, 0.3) is 0 Å². The molecule has 4 heterocycles. The molecule has 2 saturated heterocycles. The van der Waals surface area contributed by atoms with Crippen LogP contribution in [-0.2, 0) is 16.6 Å². The maximum absolute atomic E-state index is 12.8. The van der Waals surface area contributed by atoms with Gasteiger partial charge in [-0.2, -0.15) is 5.10 Å². The van der Waals surface area contributed by atoms with Gasteiger partial charge in [-0.15, -0.1) is 11.3 Å². The van der Waals surface area contributed by atoms with Gasteiger partial charge < -0.3 is 19.9 Å². The molecule has 31 heavy (non-hydrogen) atoms. The third-order valence-electron chi connectivity index (χ3n) is 5.77. The number of amides is 1. The fraction of sp³-hybridized carbons (Fsp3) is 0.571. The van der Waals surface area contributed by atoms with Crippen molar-refractivity contribution in [1.82, 2.24) is 24.9 Å². The lowest BCUT2D eigenvalue weighted by Crippen LogP contribution is -2.56. The third kappa shape index (κ3) is 5.08. The van der Waals surface area contributed by atoms with Crippen LogP contribution in [0.2, 0.25) is 0 Å². The highest BCUT2D eigenvalue weighted by molar-refractivity contribution is 7.10. The summed E-state index contributed by atoms with van der Waals surface area (Å²) in [5.74, 6) is 0.820. The number of ether oxygens (including phenoxy) is 1. The Bertz CT molecular complexity index is 897. The smallest absolute Gasteiger partial charge is 0.246 e. The van der Waals surface area contributed by atoms with Crippen molar-refractivity contribution in [3.63, 3.8) is 0 Å². The number of carbonyl (C=O) groups excluding carboxylic acids is 1. The van der Waals surface area contributed by atoms with Crippen LogP contribution in [0, 0.1) is 0 Å². The molecule has 2 atom stereocenters. The van der Waals surface area contributed by atoms with Crippen molar-refractivity contribution in [2.75, 3.05) is 57.8 Å². The summed E-state index contributed by atoms with van der Waals surface area (Å²) in [5.41, 5.74) is 0.842. The second kappa shape index (κ2) is 9.80. The number of aliphatic imine (C=N–C) groups is 1. The average Bonchev–Trinajstić information content (AvgIpc) is 3.43. The Hall–Kier alpha value is -2.43. The van der Waals surface area contributed by atoms with Gasteiger partial charge in [0, 0.05) is 57.9 Å². The Balaban J connectivity index is 1.39. The first kappa shape index (κ1) is 21.8. The van der Waals surface area contributed by atoms with Crippen LogP contribution in [0.3, 0.4) is 0 Å². The molecule has 0 aromatic carbocycles. The number of morpholine rings is 1. The van der Waals surface area contributed by atoms with E-state index in [0.29, 0.717) is 13.1 Å². The van der Waals surface area contributed by atoms with Gasteiger partial charge in [-0.3, -0.25) is 19.4 Å². The van der Waals surface area contributed by atoms with E-state index < -0.39 is 0 Å². The van der Waals surface area contributed by atoms with Crippen molar-refractivity contribution >= 4 is 28.9 Å². The van der Waals surface area contributed by atoms with E-state index >= 15 is 0 Å². The Morgan fingerprint density at radius 1 is 1.42 bits per heavy atom. The monoisotopic (exact) mass is 445 g/mol. The summed E-state index contributed by atoms with van der Waals surface area (Å²) in [7, 11) is 3.63. The lowest BCUT2D eigenvalue weighted by molar-refractivity contribution is -0.120. The molecule has 0 radical (unpaired) electrons. The Morgan fingerprint density at radius 2 is 2.29 bits per heavy atom. The van der Waals surface area contributed by atoms with Crippen molar-refractivity contribution in [3.05, 3.63) is 34.8 Å². The standard InChI is InChI=1S/C21H31N7O2S/c1-16-13-26(8-9-30-16)18(19-5-4-10-31-19)12-23-21(22-2)27-6-7-28(20(29)15-27)17-11-24-25(3)14-17/h4-5,10-11,14,16,18H,6-9,12-13,15H2,1-3H3,(H,22,23). The van der Waals surface area contributed by atoms with Gasteiger partial charge in [-0.05, 0) is 18.4 Å². The predicted octanol–water partition coefficient (Wildman–Crippen LogP) is 1.17. The van der Waals surface area contributed by atoms with Crippen LogP contribution in [0.4, 0.5) is 5.69 Å². The van der Waals surface area contributed by atoms with E-state index in [4.69, 9.17) is 4.74 Å². The number of piperazine rings is 1. The van der Waals surface area contributed by atoms with E-state index in [2.05, 4.69) is 44.7 Å². The van der Waals surface area contributed by atoms with Gasteiger partial charge in [0.15, 0.2) is 5.96 Å². The average molecular weight is 446 g/mol. The highest BCUT2D eigenvalue weighted by Crippen LogP contribution is 2.26. The fourth-order valence-corrected chi connectivity index (χ4v) is 5.07. The molecular formula is C21H31N7O2S. The highest BCUT2D eigenvalue weighted by Gasteiger charge is 2.30. The zero-order valence-corrected chi connectivity index (χ0v) is 19.2. The summed E-state index contributed by atoms with van der Waals surface area (Å²) >= 11 is 1.78. The largest absolute Gasteiger partial charge is 0.376 e. The minimum atomic E-state index is 0.0546. The SMILES string of the molecule is CN=C(NCC(c1cccs1)N1CCOC(C)C1)N1CCN(c2cnn(C)c2)C(=O)C1. The summed E-state index contributed by atoms with van der Waals surface area (Å²) in [5, 5.41) is 9.83. The Morgan fingerprint density at radius 3 is 2.94 bits per heavy atom. The van der Waals surface area contributed by atoms with Gasteiger partial charge in [0.05, 0.1) is 30.6 Å². The number of rotatable bonds is 5. The molecule has 0 spiro atoms. The first-order valence-electron chi connectivity index (χ1n) is 10.7. The molecule has 2 fully saturated rings. The molecule has 2 aromatic heterocycles. The quantitative estimate of drug-likeness (QED) is 0.550. The minimum Gasteiger partial charge on any atom is -0.376 e. The number of thiophene rings is 1. The number of hydrogen-bond acceptors (Lipinski definition) is 6. The molecule has 168 valence electrons. The molecule has 0 aliphatic carbocycles. The number of hydrogen-bond donors (Lipinski definition) is 1. The predicted molar refractivity (Wildman–Crippen MR) is 123 cm³/mol. The Kier molecular flexibility index (Phi) is 6.89. The van der Waals surface area contributed by atoms with E-state index in [1.807, 2.05) is 18.1 Å². The van der Waals surface area contributed by atoms with Crippen LogP contribution < -0.4 is 10.2 Å².